The molecule has 0 unspecified atom stereocenters. The molecule has 2 saturated carbocycles. The van der Waals surface area contributed by atoms with Crippen molar-refractivity contribution in [2.24, 2.45) is 5.92 Å². The molecule has 0 radical (unpaired) electrons. The quantitative estimate of drug-likeness (QED) is 0.570. The van der Waals surface area contributed by atoms with Gasteiger partial charge in [0, 0.05) is 12.8 Å². The van der Waals surface area contributed by atoms with Crippen molar-refractivity contribution in [2.75, 3.05) is 0 Å². The lowest BCUT2D eigenvalue weighted by Gasteiger charge is -2.40. The van der Waals surface area contributed by atoms with Crippen LogP contribution >= 0.6 is 0 Å². The molecular weight excluding hydrogens is 140 g/mol. The van der Waals surface area contributed by atoms with Crippen molar-refractivity contribution in [1.82, 2.24) is 0 Å². The maximum absolute atomic E-state index is 11.1. The molecule has 11 heavy (non-hydrogen) atoms. The minimum atomic E-state index is -0.599. The number of carbonyl (C=O) groups excluding carboxylic acids is 1. The van der Waals surface area contributed by atoms with Gasteiger partial charge in [-0.25, -0.2) is 0 Å². The third kappa shape index (κ3) is 1.32. The Labute approximate surface area is 66.6 Å². The molecule has 62 valence electrons. The van der Waals surface area contributed by atoms with Crippen molar-refractivity contribution in [3.05, 3.63) is 0 Å². The maximum atomic E-state index is 11.1. The van der Waals surface area contributed by atoms with Crippen molar-refractivity contribution in [1.29, 1.82) is 0 Å². The van der Waals surface area contributed by atoms with E-state index in [2.05, 4.69) is 0 Å². The largest absolute Gasteiger partial charge is 0.389 e. The van der Waals surface area contributed by atoms with Crippen LogP contribution in [0.3, 0.4) is 0 Å². The van der Waals surface area contributed by atoms with Crippen molar-refractivity contribution in [3.8, 4) is 0 Å². The average Bonchev–Trinajstić information content (AvgIpc) is 1.82. The summed E-state index contributed by atoms with van der Waals surface area (Å²) in [4.78, 5) is 11.1. The van der Waals surface area contributed by atoms with E-state index >= 15 is 0 Å². The van der Waals surface area contributed by atoms with Crippen LogP contribution in [0, 0.1) is 5.92 Å². The highest BCUT2D eigenvalue weighted by Gasteiger charge is 2.40. The molecule has 0 aromatic carbocycles. The Hall–Kier alpha value is -0.370. The van der Waals surface area contributed by atoms with Crippen LogP contribution in [0.5, 0.6) is 0 Å². The summed E-state index contributed by atoms with van der Waals surface area (Å²) in [5.41, 5.74) is -0.599. The van der Waals surface area contributed by atoms with E-state index in [9.17, 15) is 9.90 Å². The number of fused-ring (bicyclic) bond motifs is 2. The normalized spacial score (nSPS) is 44.1. The van der Waals surface area contributed by atoms with Crippen LogP contribution < -0.4 is 0 Å². The third-order valence-corrected chi connectivity index (χ3v) is 2.97. The molecule has 0 aliphatic heterocycles. The molecular formula is C9H14O2. The van der Waals surface area contributed by atoms with Gasteiger partial charge in [0.05, 0.1) is 5.60 Å². The number of hydrogen-bond donors (Lipinski definition) is 1. The SMILES string of the molecule is O=C1C[C@@H]2CCC[C@](O)(C1)C2. The van der Waals surface area contributed by atoms with E-state index in [-0.39, 0.29) is 5.78 Å². The molecule has 0 spiro atoms. The monoisotopic (exact) mass is 154 g/mol. The van der Waals surface area contributed by atoms with Gasteiger partial charge in [0.15, 0.2) is 0 Å². The zero-order chi connectivity index (χ0) is 7.90. The molecule has 2 nitrogen and oxygen atoms in total. The van der Waals surface area contributed by atoms with E-state index < -0.39 is 5.60 Å². The van der Waals surface area contributed by atoms with Gasteiger partial charge in [-0.2, -0.15) is 0 Å². The average molecular weight is 154 g/mol. The van der Waals surface area contributed by atoms with Crippen LogP contribution in [0.4, 0.5) is 0 Å². The zero-order valence-corrected chi connectivity index (χ0v) is 6.68. The predicted molar refractivity (Wildman–Crippen MR) is 41.1 cm³/mol. The number of Topliss-reactive ketones (excluding diaryl/α,β-unsaturated/α-hetero) is 1. The lowest BCUT2D eigenvalue weighted by Crippen LogP contribution is -2.42. The fourth-order valence-corrected chi connectivity index (χ4v) is 2.56. The Balaban J connectivity index is 2.15. The van der Waals surface area contributed by atoms with Crippen molar-refractivity contribution in [3.63, 3.8) is 0 Å². The molecule has 2 aliphatic carbocycles. The number of rotatable bonds is 0. The van der Waals surface area contributed by atoms with Crippen molar-refractivity contribution >= 4 is 5.78 Å². The molecule has 2 aliphatic rings. The lowest BCUT2D eigenvalue weighted by molar-refractivity contribution is -0.134. The van der Waals surface area contributed by atoms with Gasteiger partial charge in [-0.05, 0) is 25.2 Å². The Kier molecular flexibility index (Phi) is 1.53. The first-order chi connectivity index (χ1) is 5.18. The van der Waals surface area contributed by atoms with Crippen LogP contribution in [0.15, 0.2) is 0 Å². The second-order valence-corrected chi connectivity index (χ2v) is 4.11. The molecule has 2 atom stereocenters. The summed E-state index contributed by atoms with van der Waals surface area (Å²) in [6, 6.07) is 0. The van der Waals surface area contributed by atoms with Crippen LogP contribution in [0.2, 0.25) is 0 Å². The van der Waals surface area contributed by atoms with Crippen molar-refractivity contribution < 1.29 is 9.90 Å². The van der Waals surface area contributed by atoms with Crippen LogP contribution in [-0.4, -0.2) is 16.5 Å². The molecule has 2 heteroatoms. The summed E-state index contributed by atoms with van der Waals surface area (Å²) < 4.78 is 0. The highest BCUT2D eigenvalue weighted by Crippen LogP contribution is 2.40. The highest BCUT2D eigenvalue weighted by atomic mass is 16.3. The van der Waals surface area contributed by atoms with E-state index in [4.69, 9.17) is 0 Å². The second kappa shape index (κ2) is 2.31. The number of aliphatic hydroxyl groups is 1. The van der Waals surface area contributed by atoms with Crippen LogP contribution in [0.1, 0.15) is 38.5 Å². The zero-order valence-electron chi connectivity index (χ0n) is 6.68. The molecule has 2 fully saturated rings. The minimum absolute atomic E-state index is 0.267. The summed E-state index contributed by atoms with van der Waals surface area (Å²) in [5.74, 6) is 0.762. The number of carbonyl (C=O) groups is 1. The topological polar surface area (TPSA) is 37.3 Å². The molecule has 1 N–H and O–H groups in total. The van der Waals surface area contributed by atoms with Gasteiger partial charge in [-0.1, -0.05) is 6.42 Å². The summed E-state index contributed by atoms with van der Waals surface area (Å²) in [7, 11) is 0. The molecule has 2 rings (SSSR count). The van der Waals surface area contributed by atoms with Gasteiger partial charge >= 0.3 is 0 Å². The fourth-order valence-electron chi connectivity index (χ4n) is 2.56. The van der Waals surface area contributed by atoms with Crippen LogP contribution in [0.25, 0.3) is 0 Å². The van der Waals surface area contributed by atoms with Gasteiger partial charge in [0.25, 0.3) is 0 Å². The van der Waals surface area contributed by atoms with Crippen molar-refractivity contribution in [2.45, 2.75) is 44.1 Å². The Morgan fingerprint density at radius 2 is 2.36 bits per heavy atom. The summed E-state index contributed by atoms with van der Waals surface area (Å²) >= 11 is 0. The highest BCUT2D eigenvalue weighted by molar-refractivity contribution is 5.80. The maximum Gasteiger partial charge on any atom is 0.136 e. The lowest BCUT2D eigenvalue weighted by atomic mass is 9.69. The Morgan fingerprint density at radius 1 is 1.55 bits per heavy atom. The molecule has 2 bridgehead atoms. The van der Waals surface area contributed by atoms with E-state index in [0.717, 1.165) is 32.1 Å². The Morgan fingerprint density at radius 3 is 3.09 bits per heavy atom. The molecule has 0 amide bonds. The van der Waals surface area contributed by atoms with Gasteiger partial charge in [0.1, 0.15) is 5.78 Å². The fraction of sp³-hybridized carbons (Fsp3) is 0.889. The number of ketones is 1. The summed E-state index contributed by atoms with van der Waals surface area (Å²) in [6.07, 6.45) is 5.11. The first-order valence-electron chi connectivity index (χ1n) is 4.42. The summed E-state index contributed by atoms with van der Waals surface area (Å²) in [6.45, 7) is 0. The van der Waals surface area contributed by atoms with E-state index in [0.29, 0.717) is 12.3 Å². The van der Waals surface area contributed by atoms with Crippen LogP contribution in [-0.2, 0) is 4.79 Å². The minimum Gasteiger partial charge on any atom is -0.389 e. The predicted octanol–water partition coefficient (Wildman–Crippen LogP) is 1.27. The number of hydrogen-bond acceptors (Lipinski definition) is 2. The van der Waals surface area contributed by atoms with E-state index in [1.165, 1.54) is 0 Å². The van der Waals surface area contributed by atoms with Gasteiger partial charge in [-0.15, -0.1) is 0 Å². The Bertz CT molecular complexity index is 188. The van der Waals surface area contributed by atoms with Gasteiger partial charge in [0.2, 0.25) is 0 Å². The first kappa shape index (κ1) is 7.29. The first-order valence-corrected chi connectivity index (χ1v) is 4.42. The second-order valence-electron chi connectivity index (χ2n) is 4.11. The van der Waals surface area contributed by atoms with Gasteiger partial charge < -0.3 is 5.11 Å². The van der Waals surface area contributed by atoms with E-state index in [1.54, 1.807) is 0 Å². The van der Waals surface area contributed by atoms with Gasteiger partial charge in [-0.3, -0.25) is 4.79 Å². The third-order valence-electron chi connectivity index (χ3n) is 2.97. The summed E-state index contributed by atoms with van der Waals surface area (Å²) in [5, 5.41) is 9.85. The standard InChI is InChI=1S/C9H14O2/c10-8-4-7-2-1-3-9(11,5-7)6-8/h7,11H,1-6H2/t7-,9+/m0/s1. The van der Waals surface area contributed by atoms with E-state index in [1.807, 2.05) is 0 Å². The molecule has 0 aromatic heterocycles. The molecule has 0 heterocycles. The smallest absolute Gasteiger partial charge is 0.136 e. The molecule has 0 saturated heterocycles. The molecule has 0 aromatic rings.